The quantitative estimate of drug-likeness (QED) is 0.539. The zero-order valence-corrected chi connectivity index (χ0v) is 8.27. The summed E-state index contributed by atoms with van der Waals surface area (Å²) in [6.45, 7) is 11.3. The Morgan fingerprint density at radius 3 is 2.83 bits per heavy atom. The van der Waals surface area contributed by atoms with Gasteiger partial charge in [-0.1, -0.05) is 26.0 Å². The predicted molar refractivity (Wildman–Crippen MR) is 52.1 cm³/mol. The van der Waals surface area contributed by atoms with Gasteiger partial charge in [0.1, 0.15) is 0 Å². The van der Waals surface area contributed by atoms with E-state index in [0.717, 1.165) is 12.5 Å². The maximum atomic E-state index is 4.12. The highest BCUT2D eigenvalue weighted by atomic mass is 15.2. The van der Waals surface area contributed by atoms with E-state index >= 15 is 0 Å². The second kappa shape index (κ2) is 2.59. The third-order valence-electron chi connectivity index (χ3n) is 3.71. The number of nitrogens with zero attached hydrogens (tertiary/aromatic N) is 1. The van der Waals surface area contributed by atoms with Gasteiger partial charge >= 0.3 is 0 Å². The van der Waals surface area contributed by atoms with Crippen molar-refractivity contribution in [3.05, 3.63) is 12.2 Å². The van der Waals surface area contributed by atoms with E-state index in [1.54, 1.807) is 0 Å². The minimum atomic E-state index is 0.511. The summed E-state index contributed by atoms with van der Waals surface area (Å²) in [6, 6.07) is 0. The zero-order chi connectivity index (χ0) is 8.77. The van der Waals surface area contributed by atoms with Crippen LogP contribution in [0.2, 0.25) is 0 Å². The van der Waals surface area contributed by atoms with Crippen molar-refractivity contribution >= 4 is 0 Å². The van der Waals surface area contributed by atoms with E-state index in [1.165, 1.54) is 31.4 Å². The second-order valence-electron chi connectivity index (χ2n) is 4.71. The van der Waals surface area contributed by atoms with Crippen LogP contribution in [0, 0.1) is 5.92 Å². The fourth-order valence-electron chi connectivity index (χ4n) is 3.01. The third-order valence-corrected chi connectivity index (χ3v) is 3.71. The summed E-state index contributed by atoms with van der Waals surface area (Å²) in [4.78, 5) is 2.65. The fourth-order valence-corrected chi connectivity index (χ4v) is 3.01. The molecule has 2 fully saturated rings. The number of hydrogen-bond acceptors (Lipinski definition) is 1. The van der Waals surface area contributed by atoms with E-state index in [0.29, 0.717) is 5.54 Å². The molecule has 0 aromatic heterocycles. The highest BCUT2D eigenvalue weighted by molar-refractivity contribution is 5.18. The van der Waals surface area contributed by atoms with Crippen molar-refractivity contribution in [2.24, 2.45) is 5.92 Å². The molecule has 0 N–H and O–H groups in total. The molecule has 2 saturated heterocycles. The van der Waals surface area contributed by atoms with E-state index in [-0.39, 0.29) is 0 Å². The molecule has 2 rings (SSSR count). The largest absolute Gasteiger partial charge is 0.293 e. The zero-order valence-electron chi connectivity index (χ0n) is 8.27. The minimum absolute atomic E-state index is 0.511. The van der Waals surface area contributed by atoms with Crippen molar-refractivity contribution in [2.75, 3.05) is 13.1 Å². The molecule has 1 nitrogen and oxygen atoms in total. The van der Waals surface area contributed by atoms with Gasteiger partial charge < -0.3 is 0 Å². The molecular weight excluding hydrogens is 146 g/mol. The molecule has 0 aliphatic carbocycles. The minimum Gasteiger partial charge on any atom is -0.293 e. The lowest BCUT2D eigenvalue weighted by Crippen LogP contribution is -2.42. The van der Waals surface area contributed by atoms with Gasteiger partial charge in [-0.15, -0.1) is 0 Å². The van der Waals surface area contributed by atoms with Crippen LogP contribution < -0.4 is 0 Å². The molecule has 0 radical (unpaired) electrons. The van der Waals surface area contributed by atoms with Crippen molar-refractivity contribution < 1.29 is 0 Å². The first kappa shape index (κ1) is 8.31. The first-order valence-electron chi connectivity index (χ1n) is 5.07. The molecule has 1 atom stereocenters. The Labute approximate surface area is 75.4 Å². The Kier molecular flexibility index (Phi) is 1.80. The molecule has 1 heteroatoms. The molecule has 0 unspecified atom stereocenters. The first-order valence-corrected chi connectivity index (χ1v) is 5.07. The smallest absolute Gasteiger partial charge is 0.0273 e. The summed E-state index contributed by atoms with van der Waals surface area (Å²) < 4.78 is 0. The van der Waals surface area contributed by atoms with Gasteiger partial charge in [0.05, 0.1) is 0 Å². The van der Waals surface area contributed by atoms with Crippen LogP contribution in [0.3, 0.4) is 0 Å². The van der Waals surface area contributed by atoms with Crippen molar-refractivity contribution in [2.45, 2.75) is 38.6 Å². The van der Waals surface area contributed by atoms with Crippen molar-refractivity contribution in [3.8, 4) is 0 Å². The Bertz CT molecular complexity index is 207. The molecular formula is C11H19N. The summed E-state index contributed by atoms with van der Waals surface area (Å²) in [7, 11) is 0. The standard InChI is InChI=1S/C11H19N/c1-9(2)11-5-4-6-12(11)8-10(3)7-11/h9H,3-8H2,1-2H3/t11-/m0/s1. The van der Waals surface area contributed by atoms with Crippen LogP contribution in [0.4, 0.5) is 0 Å². The molecule has 0 aromatic carbocycles. The van der Waals surface area contributed by atoms with Crippen LogP contribution in [0.1, 0.15) is 33.1 Å². The highest BCUT2D eigenvalue weighted by Gasteiger charge is 2.47. The van der Waals surface area contributed by atoms with Crippen LogP contribution in [0.25, 0.3) is 0 Å². The van der Waals surface area contributed by atoms with E-state index in [1.807, 2.05) is 0 Å². The molecule has 2 aliphatic rings. The number of fused-ring (bicyclic) bond motifs is 1. The maximum Gasteiger partial charge on any atom is 0.0273 e. The lowest BCUT2D eigenvalue weighted by atomic mass is 9.82. The Morgan fingerprint density at radius 2 is 2.25 bits per heavy atom. The summed E-state index contributed by atoms with van der Waals surface area (Å²) >= 11 is 0. The van der Waals surface area contributed by atoms with E-state index < -0.39 is 0 Å². The highest BCUT2D eigenvalue weighted by Crippen LogP contribution is 2.45. The molecule has 2 heterocycles. The summed E-state index contributed by atoms with van der Waals surface area (Å²) in [6.07, 6.45) is 4.04. The van der Waals surface area contributed by atoms with Crippen LogP contribution in [-0.4, -0.2) is 23.5 Å². The molecule has 0 spiro atoms. The van der Waals surface area contributed by atoms with Crippen molar-refractivity contribution in [1.82, 2.24) is 4.90 Å². The summed E-state index contributed by atoms with van der Waals surface area (Å²) in [5.41, 5.74) is 1.96. The van der Waals surface area contributed by atoms with Gasteiger partial charge in [-0.2, -0.15) is 0 Å². The SMILES string of the molecule is C=C1CN2CCC[C@@]2(C(C)C)C1. The fraction of sp³-hybridized carbons (Fsp3) is 0.818. The monoisotopic (exact) mass is 165 g/mol. The van der Waals surface area contributed by atoms with Gasteiger partial charge in [-0.3, -0.25) is 4.90 Å². The van der Waals surface area contributed by atoms with E-state index in [9.17, 15) is 0 Å². The Morgan fingerprint density at radius 1 is 1.50 bits per heavy atom. The topological polar surface area (TPSA) is 3.24 Å². The van der Waals surface area contributed by atoms with Gasteiger partial charge in [0.2, 0.25) is 0 Å². The molecule has 0 aromatic rings. The van der Waals surface area contributed by atoms with Crippen LogP contribution >= 0.6 is 0 Å². The maximum absolute atomic E-state index is 4.12. The molecule has 2 aliphatic heterocycles. The van der Waals surface area contributed by atoms with Gasteiger partial charge in [0.25, 0.3) is 0 Å². The second-order valence-corrected chi connectivity index (χ2v) is 4.71. The molecule has 68 valence electrons. The molecule has 0 bridgehead atoms. The summed E-state index contributed by atoms with van der Waals surface area (Å²) in [5.74, 6) is 0.791. The van der Waals surface area contributed by atoms with Crippen LogP contribution in [0.5, 0.6) is 0 Å². The average Bonchev–Trinajstić information content (AvgIpc) is 2.42. The number of rotatable bonds is 1. The third kappa shape index (κ3) is 0.957. The lowest BCUT2D eigenvalue weighted by Gasteiger charge is -2.35. The van der Waals surface area contributed by atoms with Gasteiger partial charge in [-0.25, -0.2) is 0 Å². The Balaban J connectivity index is 2.26. The van der Waals surface area contributed by atoms with Crippen LogP contribution in [0.15, 0.2) is 12.2 Å². The predicted octanol–water partition coefficient (Wildman–Crippen LogP) is 2.44. The lowest BCUT2D eigenvalue weighted by molar-refractivity contribution is 0.136. The summed E-state index contributed by atoms with van der Waals surface area (Å²) in [5, 5.41) is 0. The van der Waals surface area contributed by atoms with Gasteiger partial charge in [-0.05, 0) is 31.7 Å². The molecule has 0 amide bonds. The normalized spacial score (nSPS) is 36.4. The van der Waals surface area contributed by atoms with Crippen LogP contribution in [-0.2, 0) is 0 Å². The van der Waals surface area contributed by atoms with Crippen molar-refractivity contribution in [3.63, 3.8) is 0 Å². The Hall–Kier alpha value is -0.300. The van der Waals surface area contributed by atoms with Crippen molar-refractivity contribution in [1.29, 1.82) is 0 Å². The number of hydrogen-bond donors (Lipinski definition) is 0. The van der Waals surface area contributed by atoms with Gasteiger partial charge in [0, 0.05) is 12.1 Å². The molecule has 0 saturated carbocycles. The molecule has 12 heavy (non-hydrogen) atoms. The van der Waals surface area contributed by atoms with E-state index in [4.69, 9.17) is 0 Å². The van der Waals surface area contributed by atoms with Gasteiger partial charge in [0.15, 0.2) is 0 Å². The first-order chi connectivity index (χ1) is 5.65. The van der Waals surface area contributed by atoms with E-state index in [2.05, 4.69) is 25.3 Å². The average molecular weight is 165 g/mol.